The first-order valence-corrected chi connectivity index (χ1v) is 8.96. The third-order valence-electron chi connectivity index (χ3n) is 4.71. The molecule has 2 aromatic rings. The average Bonchev–Trinajstić information content (AvgIpc) is 2.64. The molecule has 0 spiro atoms. The molecule has 1 aromatic heterocycles. The normalized spacial score (nSPS) is 17.6. The van der Waals surface area contributed by atoms with Crippen LogP contribution in [0.5, 0.6) is 0 Å². The number of likely N-dealkylation sites (tertiary alicyclic amines) is 1. The molecule has 2 N–H and O–H groups in total. The van der Waals surface area contributed by atoms with Gasteiger partial charge in [0.2, 0.25) is 0 Å². The minimum Gasteiger partial charge on any atom is -0.394 e. The van der Waals surface area contributed by atoms with Crippen molar-refractivity contribution in [1.82, 2.24) is 15.2 Å². The van der Waals surface area contributed by atoms with Crippen LogP contribution in [0.1, 0.15) is 30.0 Å². The largest absolute Gasteiger partial charge is 0.394 e. The van der Waals surface area contributed by atoms with Gasteiger partial charge in [-0.1, -0.05) is 17.7 Å². The van der Waals surface area contributed by atoms with E-state index in [9.17, 15) is 9.50 Å². The first-order chi connectivity index (χ1) is 12.2. The Labute approximate surface area is 152 Å². The van der Waals surface area contributed by atoms with Crippen LogP contribution in [-0.2, 0) is 6.54 Å². The Morgan fingerprint density at radius 1 is 1.24 bits per heavy atom. The van der Waals surface area contributed by atoms with Crippen LogP contribution in [0.3, 0.4) is 0 Å². The molecular formula is C19H23ClFN3O. The topological polar surface area (TPSA) is 48.4 Å². The first-order valence-electron chi connectivity index (χ1n) is 8.59. The fourth-order valence-corrected chi connectivity index (χ4v) is 3.39. The van der Waals surface area contributed by atoms with Crippen LogP contribution in [0.2, 0.25) is 5.02 Å². The maximum atomic E-state index is 13.7. The molecule has 0 saturated carbocycles. The van der Waals surface area contributed by atoms with Gasteiger partial charge in [0, 0.05) is 25.0 Å². The number of pyridine rings is 1. The molecule has 1 aliphatic rings. The van der Waals surface area contributed by atoms with Gasteiger partial charge in [0.25, 0.3) is 0 Å². The highest BCUT2D eigenvalue weighted by Crippen LogP contribution is 2.22. The summed E-state index contributed by atoms with van der Waals surface area (Å²) in [7, 11) is 0. The van der Waals surface area contributed by atoms with E-state index in [2.05, 4.69) is 15.2 Å². The first kappa shape index (κ1) is 18.3. The van der Waals surface area contributed by atoms with E-state index in [1.165, 1.54) is 17.7 Å². The molecule has 0 radical (unpaired) electrons. The molecule has 4 nitrogen and oxygen atoms in total. The van der Waals surface area contributed by atoms with Gasteiger partial charge in [-0.2, -0.15) is 0 Å². The molecule has 0 amide bonds. The highest BCUT2D eigenvalue weighted by Gasteiger charge is 2.22. The highest BCUT2D eigenvalue weighted by atomic mass is 35.5. The number of aliphatic hydroxyl groups is 1. The van der Waals surface area contributed by atoms with Crippen LogP contribution < -0.4 is 5.32 Å². The Morgan fingerprint density at radius 3 is 2.60 bits per heavy atom. The standard InChI is InChI=1S/C19H23ClFN3O/c20-17-2-1-15(11-18(17)21)19(13-25)23-16-5-9-24(10-6-16)12-14-3-7-22-8-4-14/h1-4,7-8,11,16,19,23,25H,5-6,9-10,12-13H2/t19-/m1/s1. The van der Waals surface area contributed by atoms with Crippen LogP contribution in [0.15, 0.2) is 42.7 Å². The molecule has 1 saturated heterocycles. The van der Waals surface area contributed by atoms with E-state index in [0.717, 1.165) is 38.0 Å². The summed E-state index contributed by atoms with van der Waals surface area (Å²) >= 11 is 5.74. The van der Waals surface area contributed by atoms with Crippen LogP contribution in [0, 0.1) is 5.82 Å². The smallest absolute Gasteiger partial charge is 0.142 e. The summed E-state index contributed by atoms with van der Waals surface area (Å²) in [5.41, 5.74) is 2.00. The van der Waals surface area contributed by atoms with Crippen LogP contribution in [0.25, 0.3) is 0 Å². The van der Waals surface area contributed by atoms with E-state index >= 15 is 0 Å². The second kappa shape index (κ2) is 8.72. The summed E-state index contributed by atoms with van der Waals surface area (Å²) in [6.07, 6.45) is 5.64. The Balaban J connectivity index is 1.52. The third kappa shape index (κ3) is 4.98. The van der Waals surface area contributed by atoms with Gasteiger partial charge >= 0.3 is 0 Å². The fraction of sp³-hybridized carbons (Fsp3) is 0.421. The number of rotatable bonds is 6. The minimum atomic E-state index is -0.452. The van der Waals surface area contributed by atoms with Crippen molar-refractivity contribution in [3.8, 4) is 0 Å². The Bertz CT molecular complexity index is 678. The molecule has 0 unspecified atom stereocenters. The quantitative estimate of drug-likeness (QED) is 0.827. The van der Waals surface area contributed by atoms with E-state index in [1.54, 1.807) is 6.07 Å². The Morgan fingerprint density at radius 2 is 1.96 bits per heavy atom. The summed E-state index contributed by atoms with van der Waals surface area (Å²) in [5.74, 6) is -0.452. The number of hydrogen-bond acceptors (Lipinski definition) is 4. The number of nitrogens with one attached hydrogen (secondary N) is 1. The van der Waals surface area contributed by atoms with Gasteiger partial charge < -0.3 is 10.4 Å². The third-order valence-corrected chi connectivity index (χ3v) is 5.02. The Hall–Kier alpha value is -1.53. The number of halogens is 2. The van der Waals surface area contributed by atoms with E-state index in [4.69, 9.17) is 11.6 Å². The number of nitrogens with zero attached hydrogens (tertiary/aromatic N) is 2. The zero-order valence-electron chi connectivity index (χ0n) is 14.0. The molecule has 3 rings (SSSR count). The predicted molar refractivity (Wildman–Crippen MR) is 96.9 cm³/mol. The fourth-order valence-electron chi connectivity index (χ4n) is 3.27. The maximum absolute atomic E-state index is 13.7. The van der Waals surface area contributed by atoms with E-state index in [-0.39, 0.29) is 17.7 Å². The molecule has 0 aliphatic carbocycles. The lowest BCUT2D eigenvalue weighted by atomic mass is 10.0. The number of aliphatic hydroxyl groups excluding tert-OH is 1. The van der Waals surface area contributed by atoms with Crippen molar-refractivity contribution < 1.29 is 9.50 Å². The molecule has 1 fully saturated rings. The lowest BCUT2D eigenvalue weighted by molar-refractivity contribution is 0.167. The number of benzene rings is 1. The van der Waals surface area contributed by atoms with E-state index < -0.39 is 5.82 Å². The van der Waals surface area contributed by atoms with Gasteiger partial charge in [-0.25, -0.2) is 4.39 Å². The lowest BCUT2D eigenvalue weighted by Gasteiger charge is -2.34. The van der Waals surface area contributed by atoms with E-state index in [0.29, 0.717) is 6.04 Å². The molecule has 2 heterocycles. The summed E-state index contributed by atoms with van der Waals surface area (Å²) in [4.78, 5) is 6.47. The molecule has 1 atom stereocenters. The van der Waals surface area contributed by atoms with Crippen molar-refractivity contribution in [3.05, 3.63) is 64.7 Å². The highest BCUT2D eigenvalue weighted by molar-refractivity contribution is 6.30. The number of aromatic nitrogens is 1. The van der Waals surface area contributed by atoms with Crippen molar-refractivity contribution >= 4 is 11.6 Å². The van der Waals surface area contributed by atoms with Crippen LogP contribution in [0.4, 0.5) is 4.39 Å². The van der Waals surface area contributed by atoms with Gasteiger partial charge in [0.1, 0.15) is 5.82 Å². The second-order valence-electron chi connectivity index (χ2n) is 6.48. The summed E-state index contributed by atoms with van der Waals surface area (Å²) < 4.78 is 13.7. The zero-order valence-corrected chi connectivity index (χ0v) is 14.8. The summed E-state index contributed by atoms with van der Waals surface area (Å²) in [6, 6.07) is 8.82. The zero-order chi connectivity index (χ0) is 17.6. The van der Waals surface area contributed by atoms with Crippen molar-refractivity contribution in [3.63, 3.8) is 0 Å². The molecule has 1 aliphatic heterocycles. The van der Waals surface area contributed by atoms with Crippen molar-refractivity contribution in [2.24, 2.45) is 0 Å². The molecule has 6 heteroatoms. The van der Waals surface area contributed by atoms with Crippen LogP contribution in [-0.4, -0.2) is 40.7 Å². The minimum absolute atomic E-state index is 0.0711. The van der Waals surface area contributed by atoms with Crippen molar-refractivity contribution in [1.29, 1.82) is 0 Å². The van der Waals surface area contributed by atoms with Crippen LogP contribution >= 0.6 is 11.6 Å². The monoisotopic (exact) mass is 363 g/mol. The molecule has 25 heavy (non-hydrogen) atoms. The molecule has 134 valence electrons. The SMILES string of the molecule is OC[C@@H](NC1CCN(Cc2ccncc2)CC1)c1ccc(Cl)c(F)c1. The number of piperidine rings is 1. The predicted octanol–water partition coefficient (Wildman–Crippen LogP) is 3.16. The van der Waals surface area contributed by atoms with Gasteiger partial charge in [0.15, 0.2) is 0 Å². The second-order valence-corrected chi connectivity index (χ2v) is 6.89. The van der Waals surface area contributed by atoms with Crippen molar-refractivity contribution in [2.75, 3.05) is 19.7 Å². The average molecular weight is 364 g/mol. The maximum Gasteiger partial charge on any atom is 0.142 e. The van der Waals surface area contributed by atoms with Gasteiger partial charge in [-0.15, -0.1) is 0 Å². The van der Waals surface area contributed by atoms with Gasteiger partial charge in [0.05, 0.1) is 17.7 Å². The summed E-state index contributed by atoms with van der Waals surface area (Å²) in [5, 5.41) is 13.2. The molecular weight excluding hydrogens is 341 g/mol. The number of hydrogen-bond donors (Lipinski definition) is 2. The van der Waals surface area contributed by atoms with Crippen molar-refractivity contribution in [2.45, 2.75) is 31.5 Å². The van der Waals surface area contributed by atoms with E-state index in [1.807, 2.05) is 24.5 Å². The molecule has 0 bridgehead atoms. The molecule has 1 aromatic carbocycles. The van der Waals surface area contributed by atoms with Gasteiger partial charge in [-0.3, -0.25) is 9.88 Å². The summed E-state index contributed by atoms with van der Waals surface area (Å²) in [6.45, 7) is 2.85. The van der Waals surface area contributed by atoms with Gasteiger partial charge in [-0.05, 0) is 61.3 Å². The Kier molecular flexibility index (Phi) is 6.37. The lowest BCUT2D eigenvalue weighted by Crippen LogP contribution is -2.44.